The van der Waals surface area contributed by atoms with Crippen molar-refractivity contribution in [3.8, 4) is 0 Å². The van der Waals surface area contributed by atoms with E-state index in [0.717, 1.165) is 11.1 Å². The molecule has 0 aliphatic heterocycles. The molecule has 120 valence electrons. The van der Waals surface area contributed by atoms with Crippen molar-refractivity contribution in [1.82, 2.24) is 5.32 Å². The summed E-state index contributed by atoms with van der Waals surface area (Å²) in [5.41, 5.74) is 2.36. The topological polar surface area (TPSA) is 55.4 Å². The van der Waals surface area contributed by atoms with Gasteiger partial charge in [-0.05, 0) is 25.1 Å². The van der Waals surface area contributed by atoms with Gasteiger partial charge in [-0.1, -0.05) is 42.0 Å². The first kappa shape index (κ1) is 17.0. The van der Waals surface area contributed by atoms with Crippen molar-refractivity contribution >= 4 is 19.0 Å². The molecule has 0 saturated carbocycles. The summed E-state index contributed by atoms with van der Waals surface area (Å²) in [7, 11) is -2.75. The van der Waals surface area contributed by atoms with Crippen LogP contribution in [0.1, 0.15) is 21.5 Å². The molecule has 4 nitrogen and oxygen atoms in total. The van der Waals surface area contributed by atoms with Crippen molar-refractivity contribution in [2.24, 2.45) is 0 Å². The maximum Gasteiger partial charge on any atom is 0.255 e. The summed E-state index contributed by atoms with van der Waals surface area (Å²) < 4.78 is 17.6. The molecule has 5 heteroatoms. The third-order valence-electron chi connectivity index (χ3n) is 2.99. The molecule has 1 N–H and O–H groups in total. The van der Waals surface area contributed by atoms with E-state index in [9.17, 15) is 9.36 Å². The van der Waals surface area contributed by atoms with E-state index in [0.29, 0.717) is 11.3 Å². The predicted octanol–water partition coefficient (Wildman–Crippen LogP) is 4.28. The third-order valence-corrected chi connectivity index (χ3v) is 3.63. The molecule has 0 unspecified atom stereocenters. The van der Waals surface area contributed by atoms with E-state index in [-0.39, 0.29) is 5.91 Å². The van der Waals surface area contributed by atoms with Gasteiger partial charge < -0.3 is 9.84 Å². The zero-order chi connectivity index (χ0) is 16.9. The van der Waals surface area contributed by atoms with E-state index in [1.165, 1.54) is 19.5 Å². The monoisotopic (exact) mass is 329 g/mol. The standard InChI is InChI=1S/C18H20NO3P/c1-14-8-7-11-16(12-14)17(22-23(2,3)21)13-19-18(20)15-9-5-4-6-10-15/h4-13H,1-3H3,(H,19,20). The van der Waals surface area contributed by atoms with E-state index in [1.807, 2.05) is 37.3 Å². The second kappa shape index (κ2) is 7.30. The Morgan fingerprint density at radius 2 is 1.70 bits per heavy atom. The highest BCUT2D eigenvalue weighted by Gasteiger charge is 2.14. The van der Waals surface area contributed by atoms with Crippen LogP contribution in [0.4, 0.5) is 0 Å². The Labute approximate surface area is 136 Å². The third kappa shape index (κ3) is 5.42. The average molecular weight is 329 g/mol. The van der Waals surface area contributed by atoms with Crippen LogP contribution >= 0.6 is 7.37 Å². The number of rotatable bonds is 5. The first-order valence-corrected chi connectivity index (χ1v) is 9.75. The van der Waals surface area contributed by atoms with Crippen LogP contribution in [0.15, 0.2) is 60.8 Å². The lowest BCUT2D eigenvalue weighted by Crippen LogP contribution is -2.17. The minimum absolute atomic E-state index is 0.249. The van der Waals surface area contributed by atoms with E-state index in [1.54, 1.807) is 24.3 Å². The van der Waals surface area contributed by atoms with Crippen molar-refractivity contribution in [1.29, 1.82) is 0 Å². The Morgan fingerprint density at radius 1 is 1.04 bits per heavy atom. The fourth-order valence-electron chi connectivity index (χ4n) is 2.00. The van der Waals surface area contributed by atoms with E-state index >= 15 is 0 Å². The van der Waals surface area contributed by atoms with Crippen molar-refractivity contribution in [3.05, 3.63) is 77.5 Å². The predicted molar refractivity (Wildman–Crippen MR) is 93.6 cm³/mol. The summed E-state index contributed by atoms with van der Waals surface area (Å²) in [4.78, 5) is 12.1. The Balaban J connectivity index is 2.26. The van der Waals surface area contributed by atoms with Gasteiger partial charge in [0.15, 0.2) is 0 Å². The Hall–Kier alpha value is -2.32. The van der Waals surface area contributed by atoms with Crippen LogP contribution < -0.4 is 5.32 Å². The molecule has 0 fully saturated rings. The molecule has 0 spiro atoms. The van der Waals surface area contributed by atoms with Crippen molar-refractivity contribution < 1.29 is 13.9 Å². The van der Waals surface area contributed by atoms with Gasteiger partial charge in [-0.25, -0.2) is 0 Å². The largest absolute Gasteiger partial charge is 0.441 e. The molecule has 2 aromatic carbocycles. The van der Waals surface area contributed by atoms with Crippen molar-refractivity contribution in [3.63, 3.8) is 0 Å². The fourth-order valence-corrected chi connectivity index (χ4v) is 2.63. The van der Waals surface area contributed by atoms with Gasteiger partial charge in [0.2, 0.25) is 7.37 Å². The Kier molecular flexibility index (Phi) is 5.41. The number of benzene rings is 2. The second-order valence-electron chi connectivity index (χ2n) is 5.56. The quantitative estimate of drug-likeness (QED) is 0.658. The van der Waals surface area contributed by atoms with Crippen LogP contribution in [0.2, 0.25) is 0 Å². The number of carbonyl (C=O) groups is 1. The van der Waals surface area contributed by atoms with Crippen LogP contribution in [-0.4, -0.2) is 19.2 Å². The molecule has 0 aliphatic carbocycles. The molecule has 0 radical (unpaired) electrons. The van der Waals surface area contributed by atoms with Gasteiger partial charge >= 0.3 is 0 Å². The molecule has 2 aromatic rings. The molecule has 0 atom stereocenters. The first-order chi connectivity index (χ1) is 10.8. The van der Waals surface area contributed by atoms with Gasteiger partial charge in [0.05, 0.1) is 0 Å². The zero-order valence-electron chi connectivity index (χ0n) is 13.4. The highest BCUT2D eigenvalue weighted by atomic mass is 31.2. The molecule has 0 aromatic heterocycles. The van der Waals surface area contributed by atoms with Gasteiger partial charge in [-0.2, -0.15) is 0 Å². The molecule has 1 amide bonds. The minimum Gasteiger partial charge on any atom is -0.441 e. The highest BCUT2D eigenvalue weighted by Crippen LogP contribution is 2.42. The summed E-state index contributed by atoms with van der Waals surface area (Å²) in [5, 5.41) is 2.69. The molecule has 0 bridgehead atoms. The summed E-state index contributed by atoms with van der Waals surface area (Å²) in [6.45, 7) is 5.03. The lowest BCUT2D eigenvalue weighted by atomic mass is 10.1. The summed E-state index contributed by atoms with van der Waals surface area (Å²) in [5.74, 6) is 0.132. The van der Waals surface area contributed by atoms with Crippen LogP contribution in [0.25, 0.3) is 5.76 Å². The highest BCUT2D eigenvalue weighted by molar-refractivity contribution is 7.57. The normalized spacial score (nSPS) is 11.9. The number of aryl methyl sites for hydroxylation is 1. The van der Waals surface area contributed by atoms with Crippen LogP contribution in [-0.2, 0) is 9.09 Å². The molecule has 0 heterocycles. The SMILES string of the molecule is Cc1cccc(C(=CNC(=O)c2ccccc2)OP(C)(C)=O)c1. The van der Waals surface area contributed by atoms with Crippen molar-refractivity contribution in [2.45, 2.75) is 6.92 Å². The Morgan fingerprint density at radius 3 is 2.30 bits per heavy atom. The van der Waals surface area contributed by atoms with Crippen molar-refractivity contribution in [2.75, 3.05) is 13.3 Å². The lowest BCUT2D eigenvalue weighted by Gasteiger charge is -2.15. The maximum absolute atomic E-state index is 12.1. The zero-order valence-corrected chi connectivity index (χ0v) is 14.3. The first-order valence-electron chi connectivity index (χ1n) is 7.23. The maximum atomic E-state index is 12.1. The number of hydrogen-bond acceptors (Lipinski definition) is 3. The molecule has 0 saturated heterocycles. The molecular formula is C18H20NO3P. The van der Waals surface area contributed by atoms with Gasteiger partial charge in [-0.15, -0.1) is 0 Å². The van der Waals surface area contributed by atoms with Gasteiger partial charge in [0.1, 0.15) is 5.76 Å². The smallest absolute Gasteiger partial charge is 0.255 e. The van der Waals surface area contributed by atoms with Crippen LogP contribution in [0.3, 0.4) is 0 Å². The summed E-state index contributed by atoms with van der Waals surface area (Å²) in [6, 6.07) is 16.5. The van der Waals surface area contributed by atoms with Gasteiger partial charge in [-0.3, -0.25) is 9.36 Å². The number of carbonyl (C=O) groups excluding carboxylic acids is 1. The average Bonchev–Trinajstić information content (AvgIpc) is 2.51. The number of nitrogens with one attached hydrogen (secondary N) is 1. The van der Waals surface area contributed by atoms with E-state index in [4.69, 9.17) is 4.52 Å². The minimum atomic E-state index is -2.75. The lowest BCUT2D eigenvalue weighted by molar-refractivity contribution is 0.0969. The van der Waals surface area contributed by atoms with Crippen LogP contribution in [0.5, 0.6) is 0 Å². The van der Waals surface area contributed by atoms with Gasteiger partial charge in [0.25, 0.3) is 5.91 Å². The Bertz CT molecular complexity index is 763. The number of hydrogen-bond donors (Lipinski definition) is 1. The van der Waals surface area contributed by atoms with E-state index in [2.05, 4.69) is 5.32 Å². The molecular weight excluding hydrogens is 309 g/mol. The summed E-state index contributed by atoms with van der Waals surface area (Å²) >= 11 is 0. The van der Waals surface area contributed by atoms with E-state index < -0.39 is 7.37 Å². The number of amides is 1. The second-order valence-corrected chi connectivity index (χ2v) is 8.25. The molecule has 0 aliphatic rings. The summed E-state index contributed by atoms with van der Waals surface area (Å²) in [6.07, 6.45) is 1.46. The molecule has 2 rings (SSSR count). The van der Waals surface area contributed by atoms with Crippen LogP contribution in [0, 0.1) is 6.92 Å². The fraction of sp³-hybridized carbons (Fsp3) is 0.167. The molecule has 23 heavy (non-hydrogen) atoms. The van der Waals surface area contributed by atoms with Gasteiger partial charge in [0, 0.05) is 30.7 Å².